The molecular formula is C21H21FN6O2. The molecule has 4 heterocycles. The number of hydrogen-bond acceptors (Lipinski definition) is 7. The summed E-state index contributed by atoms with van der Waals surface area (Å²) in [5.41, 5.74) is 0.545. The van der Waals surface area contributed by atoms with E-state index in [0.717, 1.165) is 5.69 Å². The Hall–Kier alpha value is -3.33. The Morgan fingerprint density at radius 3 is 2.83 bits per heavy atom. The molecule has 0 aliphatic carbocycles. The molecular weight excluding hydrogens is 387 g/mol. The summed E-state index contributed by atoms with van der Waals surface area (Å²) in [6, 6.07) is 5.17. The van der Waals surface area contributed by atoms with E-state index in [1.807, 2.05) is 32.1 Å². The van der Waals surface area contributed by atoms with Crippen molar-refractivity contribution < 1.29 is 14.2 Å². The highest BCUT2D eigenvalue weighted by molar-refractivity contribution is 5.67. The fraction of sp³-hybridized carbons (Fsp3) is 0.333. The zero-order chi connectivity index (χ0) is 20.9. The molecule has 30 heavy (non-hydrogen) atoms. The number of aromatic nitrogens is 5. The van der Waals surface area contributed by atoms with Gasteiger partial charge in [0.25, 0.3) is 0 Å². The zero-order valence-corrected chi connectivity index (χ0v) is 16.5. The van der Waals surface area contributed by atoms with Crippen molar-refractivity contribution in [3.63, 3.8) is 0 Å². The first-order valence-corrected chi connectivity index (χ1v) is 9.67. The number of fused-ring (bicyclic) bond motifs is 2. The van der Waals surface area contributed by atoms with Crippen LogP contribution < -0.4 is 10.1 Å². The van der Waals surface area contributed by atoms with Crippen LogP contribution in [0.3, 0.4) is 0 Å². The molecule has 9 heteroatoms. The second kappa shape index (κ2) is 6.60. The van der Waals surface area contributed by atoms with Crippen molar-refractivity contribution in [1.29, 1.82) is 0 Å². The third kappa shape index (κ3) is 3.11. The summed E-state index contributed by atoms with van der Waals surface area (Å²) in [7, 11) is 0. The van der Waals surface area contributed by atoms with Crippen molar-refractivity contribution in [2.75, 3.05) is 0 Å². The molecule has 8 nitrogen and oxygen atoms in total. The average molecular weight is 408 g/mol. The first-order valence-electron chi connectivity index (χ1n) is 9.67. The summed E-state index contributed by atoms with van der Waals surface area (Å²) < 4.78 is 22.5. The number of phenolic OH excluding ortho intramolecular Hbond substituents is 1. The van der Waals surface area contributed by atoms with Crippen LogP contribution in [0.4, 0.5) is 4.39 Å². The van der Waals surface area contributed by atoms with Crippen LogP contribution in [0, 0.1) is 0 Å². The molecule has 0 saturated carbocycles. The number of halogens is 1. The van der Waals surface area contributed by atoms with Crippen LogP contribution in [-0.2, 0) is 0 Å². The van der Waals surface area contributed by atoms with Gasteiger partial charge in [-0.05, 0) is 26.0 Å². The maximum Gasteiger partial charge on any atom is 0.336 e. The maximum absolute atomic E-state index is 15.0. The highest BCUT2D eigenvalue weighted by atomic mass is 19.1. The number of alkyl halides is 1. The second-order valence-corrected chi connectivity index (χ2v) is 8.22. The fourth-order valence-corrected chi connectivity index (χ4v) is 4.23. The number of nitrogens with zero attached hydrogens (tertiary/aromatic N) is 5. The molecule has 2 bridgehead atoms. The van der Waals surface area contributed by atoms with Gasteiger partial charge in [-0.25, -0.2) is 14.4 Å². The molecule has 0 radical (unpaired) electrons. The minimum atomic E-state index is -1.24. The number of aromatic hydroxyl groups is 1. The summed E-state index contributed by atoms with van der Waals surface area (Å²) in [4.78, 5) is 8.18. The van der Waals surface area contributed by atoms with Gasteiger partial charge in [0, 0.05) is 36.0 Å². The smallest absolute Gasteiger partial charge is 0.336 e. The average Bonchev–Trinajstić information content (AvgIpc) is 3.34. The highest BCUT2D eigenvalue weighted by Crippen LogP contribution is 2.39. The molecule has 1 aromatic carbocycles. The van der Waals surface area contributed by atoms with E-state index in [-0.39, 0.29) is 17.3 Å². The lowest BCUT2D eigenvalue weighted by atomic mass is 9.83. The number of imidazole rings is 1. The quantitative estimate of drug-likeness (QED) is 0.641. The molecule has 0 unspecified atom stereocenters. The normalized spacial score (nSPS) is 29.8. The molecule has 4 atom stereocenters. The summed E-state index contributed by atoms with van der Waals surface area (Å²) in [5, 5.41) is 21.8. The topological polar surface area (TPSA) is 98.0 Å². The van der Waals surface area contributed by atoms with Crippen LogP contribution in [0.5, 0.6) is 11.8 Å². The van der Waals surface area contributed by atoms with Gasteiger partial charge in [-0.2, -0.15) is 0 Å². The molecule has 2 N–H and O–H groups in total. The van der Waals surface area contributed by atoms with Crippen molar-refractivity contribution in [3.05, 3.63) is 55.3 Å². The van der Waals surface area contributed by atoms with E-state index in [1.165, 1.54) is 6.20 Å². The Labute approximate surface area is 172 Å². The molecule has 1 fully saturated rings. The van der Waals surface area contributed by atoms with Crippen LogP contribution in [0.15, 0.2) is 55.3 Å². The van der Waals surface area contributed by atoms with Crippen molar-refractivity contribution in [1.82, 2.24) is 30.0 Å². The molecule has 0 amide bonds. The van der Waals surface area contributed by atoms with Crippen molar-refractivity contribution in [2.45, 2.75) is 43.6 Å². The molecule has 1 saturated heterocycles. The first kappa shape index (κ1) is 18.7. The van der Waals surface area contributed by atoms with E-state index in [9.17, 15) is 9.50 Å². The van der Waals surface area contributed by atoms with Gasteiger partial charge in [-0.1, -0.05) is 17.3 Å². The monoisotopic (exact) mass is 408 g/mol. The van der Waals surface area contributed by atoms with E-state index >= 15 is 0 Å². The Morgan fingerprint density at radius 1 is 1.27 bits per heavy atom. The summed E-state index contributed by atoms with van der Waals surface area (Å²) in [6.45, 7) is 3.82. The Bertz CT molecular complexity index is 1100. The lowest BCUT2D eigenvalue weighted by Crippen LogP contribution is -2.64. The minimum Gasteiger partial charge on any atom is -0.507 e. The van der Waals surface area contributed by atoms with Gasteiger partial charge in [0.1, 0.15) is 17.5 Å². The number of phenols is 1. The first-order chi connectivity index (χ1) is 14.4. The second-order valence-electron chi connectivity index (χ2n) is 8.22. The lowest BCUT2D eigenvalue weighted by molar-refractivity contribution is -0.00375. The fourth-order valence-electron chi connectivity index (χ4n) is 4.23. The Kier molecular flexibility index (Phi) is 4.11. The number of piperidine rings is 1. The van der Waals surface area contributed by atoms with Gasteiger partial charge in [-0.15, -0.1) is 5.10 Å². The van der Waals surface area contributed by atoms with Gasteiger partial charge >= 0.3 is 6.01 Å². The van der Waals surface area contributed by atoms with Crippen LogP contribution in [-0.4, -0.2) is 53.2 Å². The Balaban J connectivity index is 1.34. The lowest BCUT2D eigenvalue weighted by Gasteiger charge is -2.43. The van der Waals surface area contributed by atoms with E-state index in [4.69, 9.17) is 4.74 Å². The number of benzene rings is 1. The van der Waals surface area contributed by atoms with Crippen LogP contribution in [0.1, 0.15) is 20.3 Å². The highest BCUT2D eigenvalue weighted by Gasteiger charge is 2.53. The predicted octanol–water partition coefficient (Wildman–Crippen LogP) is 2.60. The van der Waals surface area contributed by atoms with E-state index < -0.39 is 17.8 Å². The molecule has 154 valence electrons. The van der Waals surface area contributed by atoms with Gasteiger partial charge in [0.15, 0.2) is 6.17 Å². The molecule has 0 spiro atoms. The summed E-state index contributed by atoms with van der Waals surface area (Å²) >= 11 is 0. The summed E-state index contributed by atoms with van der Waals surface area (Å²) in [6.07, 6.45) is 8.92. The zero-order valence-electron chi connectivity index (χ0n) is 16.5. The van der Waals surface area contributed by atoms with Gasteiger partial charge in [0.05, 0.1) is 23.8 Å². The van der Waals surface area contributed by atoms with Crippen molar-refractivity contribution >= 4 is 0 Å². The molecule has 2 aliphatic rings. The maximum atomic E-state index is 15.0. The van der Waals surface area contributed by atoms with Gasteiger partial charge in [0.2, 0.25) is 0 Å². The molecule has 5 rings (SSSR count). The number of nitrogens with one attached hydrogen (secondary N) is 1. The van der Waals surface area contributed by atoms with Gasteiger partial charge < -0.3 is 14.4 Å². The third-order valence-electron chi connectivity index (χ3n) is 5.73. The molecule has 2 aliphatic heterocycles. The Morgan fingerprint density at radius 2 is 2.13 bits per heavy atom. The van der Waals surface area contributed by atoms with Crippen LogP contribution in [0.2, 0.25) is 0 Å². The number of rotatable bonds is 4. The standard InChI is InChI=1S/C21H21FN6O2/c1-20-5-6-21(2,27-20)18(22)17(10-20)30-19-24-11-15(25-26-19)14-4-3-13(9-16(14)29)28-8-7-23-12-28/h3-9,11-12,17-18,27,29H,10H2,1-2H3/t17-,18-,20-,21+/m0/s1. The molecule has 3 aromatic rings. The van der Waals surface area contributed by atoms with E-state index in [1.54, 1.807) is 35.4 Å². The van der Waals surface area contributed by atoms with Gasteiger partial charge in [-0.3, -0.25) is 5.32 Å². The van der Waals surface area contributed by atoms with Crippen molar-refractivity contribution in [2.24, 2.45) is 0 Å². The number of hydrogen-bond donors (Lipinski definition) is 2. The third-order valence-corrected chi connectivity index (χ3v) is 5.73. The van der Waals surface area contributed by atoms with E-state index in [2.05, 4.69) is 25.5 Å². The van der Waals surface area contributed by atoms with Crippen LogP contribution in [0.25, 0.3) is 16.9 Å². The number of ether oxygens (including phenoxy) is 1. The van der Waals surface area contributed by atoms with Crippen molar-refractivity contribution in [3.8, 4) is 28.7 Å². The SMILES string of the molecule is C[C@@]12C=C[C@@](C)(N1)[C@@H](F)[C@@H](Oc1ncc(-c3ccc(-n4ccnc4)cc3O)nn1)C2. The van der Waals surface area contributed by atoms with E-state index in [0.29, 0.717) is 17.7 Å². The summed E-state index contributed by atoms with van der Waals surface area (Å²) in [5.74, 6) is 0.0386. The largest absolute Gasteiger partial charge is 0.507 e. The van der Waals surface area contributed by atoms with Crippen LogP contribution >= 0.6 is 0 Å². The molecule has 2 aromatic heterocycles. The minimum absolute atomic E-state index is 0.00873. The predicted molar refractivity (Wildman–Crippen MR) is 107 cm³/mol.